The van der Waals surface area contributed by atoms with Crippen molar-refractivity contribution in [3.8, 4) is 0 Å². The molecule has 0 bridgehead atoms. The smallest absolute Gasteiger partial charge is 0.316 e. The van der Waals surface area contributed by atoms with Crippen LogP contribution in [0.4, 0.5) is 13.2 Å². The van der Waals surface area contributed by atoms with Crippen molar-refractivity contribution in [2.45, 2.75) is 12.2 Å². The molecule has 0 amide bonds. The number of hydrogen-bond donors (Lipinski definition) is 1. The van der Waals surface area contributed by atoms with Crippen molar-refractivity contribution < 1.29 is 13.2 Å². The van der Waals surface area contributed by atoms with Gasteiger partial charge < -0.3 is 5.73 Å². The molecule has 1 heterocycles. The molecule has 0 spiro atoms. The van der Waals surface area contributed by atoms with Crippen molar-refractivity contribution in [2.75, 3.05) is 0 Å². The van der Waals surface area contributed by atoms with E-state index in [9.17, 15) is 13.2 Å². The van der Waals surface area contributed by atoms with E-state index in [0.29, 0.717) is 8.17 Å². The summed E-state index contributed by atoms with van der Waals surface area (Å²) in [4.78, 5) is 3.79. The van der Waals surface area contributed by atoms with Gasteiger partial charge in [0.05, 0.1) is 3.57 Å². The van der Waals surface area contributed by atoms with Crippen molar-refractivity contribution in [2.24, 2.45) is 5.73 Å². The lowest BCUT2D eigenvalue weighted by Crippen LogP contribution is -2.29. The molecule has 2 N–H and O–H groups in total. The Morgan fingerprint density at radius 2 is 2.07 bits per heavy atom. The van der Waals surface area contributed by atoms with Crippen LogP contribution in [0.3, 0.4) is 0 Å². The molecule has 1 aromatic heterocycles. The van der Waals surface area contributed by atoms with Crippen LogP contribution in [0.25, 0.3) is 0 Å². The van der Waals surface area contributed by atoms with E-state index in [2.05, 4.69) is 20.9 Å². The molecule has 0 aromatic carbocycles. The highest BCUT2D eigenvalue weighted by molar-refractivity contribution is 14.1. The van der Waals surface area contributed by atoms with Crippen molar-refractivity contribution in [1.82, 2.24) is 4.98 Å². The predicted molar refractivity (Wildman–Crippen MR) is 57.6 cm³/mol. The molecule has 0 fully saturated rings. The molecule has 0 saturated heterocycles. The van der Waals surface area contributed by atoms with E-state index in [-0.39, 0.29) is 5.56 Å². The number of nitrogens with zero attached hydrogens (tertiary/aromatic N) is 1. The molecule has 1 atom stereocenters. The first-order valence-electron chi connectivity index (χ1n) is 3.46. The Hall–Kier alpha value is 0.110. The molecule has 0 radical (unpaired) electrons. The zero-order chi connectivity index (χ0) is 10.9. The van der Waals surface area contributed by atoms with Crippen molar-refractivity contribution >= 4 is 38.5 Å². The normalized spacial score (nSPS) is 14.1. The first-order valence-corrected chi connectivity index (χ1v) is 5.33. The topological polar surface area (TPSA) is 38.9 Å². The van der Waals surface area contributed by atoms with Crippen LogP contribution in [-0.4, -0.2) is 11.2 Å². The number of halogens is 5. The van der Waals surface area contributed by atoms with Crippen molar-refractivity contribution in [3.63, 3.8) is 0 Å². The van der Waals surface area contributed by atoms with E-state index in [0.717, 1.165) is 0 Å². The van der Waals surface area contributed by atoms with Gasteiger partial charge in [-0.25, -0.2) is 4.98 Å². The van der Waals surface area contributed by atoms with Gasteiger partial charge in [0.2, 0.25) is 0 Å². The van der Waals surface area contributed by atoms with Crippen LogP contribution in [0, 0.1) is 3.57 Å². The van der Waals surface area contributed by atoms with Gasteiger partial charge in [0.1, 0.15) is 10.6 Å². The van der Waals surface area contributed by atoms with Crippen LogP contribution in [0.5, 0.6) is 0 Å². The first kappa shape index (κ1) is 12.2. The summed E-state index contributed by atoms with van der Waals surface area (Å²) < 4.78 is 37.6. The SMILES string of the molecule is N[C@@H](c1ccnc(Br)c1I)C(F)(F)F. The molecule has 0 aliphatic heterocycles. The zero-order valence-electron chi connectivity index (χ0n) is 6.65. The maximum Gasteiger partial charge on any atom is 0.407 e. The van der Waals surface area contributed by atoms with Gasteiger partial charge in [-0.05, 0) is 50.2 Å². The summed E-state index contributed by atoms with van der Waals surface area (Å²) >= 11 is 4.81. The molecular formula is C7H5BrF3IN2. The minimum absolute atomic E-state index is 0.0278. The maximum absolute atomic E-state index is 12.3. The summed E-state index contributed by atoms with van der Waals surface area (Å²) in [6, 6.07) is -0.696. The monoisotopic (exact) mass is 380 g/mol. The highest BCUT2D eigenvalue weighted by atomic mass is 127. The molecule has 7 heteroatoms. The third-order valence-electron chi connectivity index (χ3n) is 1.56. The van der Waals surface area contributed by atoms with Gasteiger partial charge in [0.25, 0.3) is 0 Å². The maximum atomic E-state index is 12.3. The van der Waals surface area contributed by atoms with Crippen LogP contribution < -0.4 is 5.73 Å². The van der Waals surface area contributed by atoms with E-state index in [4.69, 9.17) is 5.73 Å². The van der Waals surface area contributed by atoms with Gasteiger partial charge in [0.15, 0.2) is 0 Å². The third-order valence-corrected chi connectivity index (χ3v) is 4.04. The molecular weight excluding hydrogens is 376 g/mol. The van der Waals surface area contributed by atoms with Crippen LogP contribution >= 0.6 is 38.5 Å². The lowest BCUT2D eigenvalue weighted by molar-refractivity contribution is -0.149. The second-order valence-electron chi connectivity index (χ2n) is 2.52. The Labute approximate surface area is 100 Å². The Kier molecular flexibility index (Phi) is 3.75. The standard InChI is InChI=1S/C7H5BrF3IN2/c8-6-4(12)3(1-2-14-6)5(13)7(9,10)11/h1-2,5H,13H2/t5-/m0/s1. The van der Waals surface area contributed by atoms with Crippen LogP contribution in [0.15, 0.2) is 16.9 Å². The number of pyridine rings is 1. The van der Waals surface area contributed by atoms with Crippen molar-refractivity contribution in [3.05, 3.63) is 26.0 Å². The highest BCUT2D eigenvalue weighted by Crippen LogP contribution is 2.34. The molecule has 14 heavy (non-hydrogen) atoms. The molecule has 0 saturated carbocycles. The highest BCUT2D eigenvalue weighted by Gasteiger charge is 2.39. The quantitative estimate of drug-likeness (QED) is 0.601. The fourth-order valence-electron chi connectivity index (χ4n) is 0.848. The van der Waals surface area contributed by atoms with Gasteiger partial charge in [-0.15, -0.1) is 0 Å². The van der Waals surface area contributed by atoms with Crippen LogP contribution in [0.1, 0.15) is 11.6 Å². The average Bonchev–Trinajstić information content (AvgIpc) is 2.07. The Balaban J connectivity index is 3.14. The molecule has 1 rings (SSSR count). The van der Waals surface area contributed by atoms with Gasteiger partial charge in [-0.1, -0.05) is 0 Å². The summed E-state index contributed by atoms with van der Waals surface area (Å²) in [7, 11) is 0. The van der Waals surface area contributed by atoms with E-state index in [1.54, 1.807) is 22.6 Å². The summed E-state index contributed by atoms with van der Waals surface area (Å²) in [5, 5.41) is 0. The molecule has 0 aliphatic carbocycles. The predicted octanol–water partition coefficient (Wildman–Crippen LogP) is 3.01. The summed E-state index contributed by atoms with van der Waals surface area (Å²) in [5.41, 5.74) is 5.09. The lowest BCUT2D eigenvalue weighted by Gasteiger charge is -2.17. The first-order chi connectivity index (χ1) is 6.34. The molecule has 1 aromatic rings. The van der Waals surface area contributed by atoms with E-state index < -0.39 is 12.2 Å². The Bertz CT molecular complexity index is 342. The van der Waals surface area contributed by atoms with Crippen LogP contribution in [-0.2, 0) is 0 Å². The minimum Gasteiger partial charge on any atom is -0.316 e. The molecule has 0 aliphatic rings. The third kappa shape index (κ3) is 2.57. The summed E-state index contributed by atoms with van der Waals surface area (Å²) in [5.74, 6) is 0. The Morgan fingerprint density at radius 3 is 2.57 bits per heavy atom. The summed E-state index contributed by atoms with van der Waals surface area (Å²) in [6.07, 6.45) is -3.14. The van der Waals surface area contributed by atoms with E-state index >= 15 is 0 Å². The Morgan fingerprint density at radius 1 is 1.50 bits per heavy atom. The van der Waals surface area contributed by atoms with Crippen LogP contribution in [0.2, 0.25) is 0 Å². The lowest BCUT2D eigenvalue weighted by atomic mass is 10.1. The summed E-state index contributed by atoms with van der Waals surface area (Å²) in [6.45, 7) is 0. The second-order valence-corrected chi connectivity index (χ2v) is 4.35. The van der Waals surface area contributed by atoms with Crippen molar-refractivity contribution in [1.29, 1.82) is 0 Å². The number of aromatic nitrogens is 1. The minimum atomic E-state index is -4.43. The number of nitrogens with two attached hydrogens (primary N) is 1. The molecule has 78 valence electrons. The fourth-order valence-corrected chi connectivity index (χ4v) is 1.85. The van der Waals surface area contributed by atoms with Gasteiger partial charge in [-0.3, -0.25) is 0 Å². The fraction of sp³-hybridized carbons (Fsp3) is 0.286. The zero-order valence-corrected chi connectivity index (χ0v) is 10.4. The largest absolute Gasteiger partial charge is 0.407 e. The number of hydrogen-bond acceptors (Lipinski definition) is 2. The average molecular weight is 381 g/mol. The molecule has 0 unspecified atom stereocenters. The van der Waals surface area contributed by atoms with Gasteiger partial charge in [0, 0.05) is 6.20 Å². The van der Waals surface area contributed by atoms with E-state index in [1.807, 2.05) is 0 Å². The van der Waals surface area contributed by atoms with Gasteiger partial charge in [-0.2, -0.15) is 13.2 Å². The molecule has 2 nitrogen and oxygen atoms in total. The number of rotatable bonds is 1. The number of alkyl halides is 3. The second kappa shape index (κ2) is 4.31. The van der Waals surface area contributed by atoms with E-state index in [1.165, 1.54) is 12.3 Å². The van der Waals surface area contributed by atoms with Gasteiger partial charge >= 0.3 is 6.18 Å².